The van der Waals surface area contributed by atoms with E-state index in [2.05, 4.69) is 41.1 Å². The Hall–Kier alpha value is -5.14. The molecule has 0 aliphatic carbocycles. The largest absolute Gasteiger partial charge is 0.379 e. The summed E-state index contributed by atoms with van der Waals surface area (Å²) in [5.74, 6) is -0.620. The summed E-state index contributed by atoms with van der Waals surface area (Å²) in [4.78, 5) is 23.1. The van der Waals surface area contributed by atoms with E-state index in [1.807, 2.05) is 30.3 Å². The molecule has 0 unspecified atom stereocenters. The first-order valence-corrected chi connectivity index (χ1v) is 9.42. The number of non-ortho nitro benzene ring substituents is 1. The number of nitrogen functional groups attached to an aromatic ring is 1. The molecule has 0 aliphatic heterocycles. The topological polar surface area (TPSA) is 192 Å². The van der Waals surface area contributed by atoms with Gasteiger partial charge >= 0.3 is 0 Å². The summed E-state index contributed by atoms with van der Waals surface area (Å²) in [6.45, 7) is 0.140. The molecule has 0 saturated carbocycles. The minimum Gasteiger partial charge on any atom is -0.379 e. The number of rotatable bonds is 8. The first-order chi connectivity index (χ1) is 16.0. The van der Waals surface area contributed by atoms with Crippen molar-refractivity contribution in [2.75, 3.05) is 11.1 Å². The maximum atomic E-state index is 12.7. The lowest BCUT2D eigenvalue weighted by Gasteiger charge is -2.08. The van der Waals surface area contributed by atoms with Crippen molar-refractivity contribution in [1.82, 2.24) is 30.7 Å². The molecule has 0 bridgehead atoms. The average molecular weight is 448 g/mol. The van der Waals surface area contributed by atoms with Crippen LogP contribution in [0, 0.1) is 10.1 Å². The molecule has 14 nitrogen and oxygen atoms in total. The normalized spacial score (nSPS) is 10.9. The molecular formula is C19H16N10O4. The number of anilines is 2. The Morgan fingerprint density at radius 2 is 2.03 bits per heavy atom. The minimum atomic E-state index is -0.664. The summed E-state index contributed by atoms with van der Waals surface area (Å²) in [5.41, 5.74) is 9.51. The van der Waals surface area contributed by atoms with Crippen molar-refractivity contribution in [2.24, 2.45) is 5.10 Å². The summed E-state index contributed by atoms with van der Waals surface area (Å²) < 4.78 is 5.86. The molecule has 2 aromatic carbocycles. The fourth-order valence-electron chi connectivity index (χ4n) is 2.82. The molecule has 33 heavy (non-hydrogen) atoms. The van der Waals surface area contributed by atoms with Gasteiger partial charge in [-0.1, -0.05) is 35.5 Å². The van der Waals surface area contributed by atoms with Crippen molar-refractivity contribution in [1.29, 1.82) is 0 Å². The number of amides is 1. The highest BCUT2D eigenvalue weighted by Gasteiger charge is 2.23. The number of nitro groups is 1. The second-order valence-electron chi connectivity index (χ2n) is 6.54. The lowest BCUT2D eigenvalue weighted by atomic mass is 10.2. The fraction of sp³-hybridized carbons (Fsp3) is 0.0526. The van der Waals surface area contributed by atoms with Gasteiger partial charge < -0.3 is 11.1 Å². The van der Waals surface area contributed by atoms with E-state index in [-0.39, 0.29) is 29.6 Å². The third-order valence-electron chi connectivity index (χ3n) is 4.37. The van der Waals surface area contributed by atoms with Gasteiger partial charge in [-0.15, -0.1) is 5.10 Å². The molecule has 0 fully saturated rings. The van der Waals surface area contributed by atoms with Crippen LogP contribution in [-0.4, -0.2) is 42.4 Å². The van der Waals surface area contributed by atoms with E-state index in [0.717, 1.165) is 5.69 Å². The Morgan fingerprint density at radius 1 is 1.21 bits per heavy atom. The van der Waals surface area contributed by atoms with Crippen molar-refractivity contribution in [3.8, 4) is 5.82 Å². The maximum absolute atomic E-state index is 12.7. The summed E-state index contributed by atoms with van der Waals surface area (Å²) in [6, 6.07) is 15.1. The summed E-state index contributed by atoms with van der Waals surface area (Å²) in [5, 5.41) is 33.0. The van der Waals surface area contributed by atoms with E-state index in [4.69, 9.17) is 5.73 Å². The zero-order valence-electron chi connectivity index (χ0n) is 16.8. The van der Waals surface area contributed by atoms with Gasteiger partial charge in [0, 0.05) is 23.4 Å². The molecule has 4 rings (SSSR count). The molecule has 2 aromatic heterocycles. The smallest absolute Gasteiger partial charge is 0.293 e. The molecule has 0 radical (unpaired) electrons. The Balaban J connectivity index is 1.56. The molecule has 0 spiro atoms. The van der Waals surface area contributed by atoms with Crippen LogP contribution in [0.4, 0.5) is 17.2 Å². The van der Waals surface area contributed by atoms with Crippen molar-refractivity contribution < 1.29 is 14.3 Å². The van der Waals surface area contributed by atoms with E-state index in [1.165, 1.54) is 29.1 Å². The monoisotopic (exact) mass is 448 g/mol. The molecular weight excluding hydrogens is 432 g/mol. The van der Waals surface area contributed by atoms with Crippen molar-refractivity contribution in [3.05, 3.63) is 81.7 Å². The third-order valence-corrected chi connectivity index (χ3v) is 4.37. The Morgan fingerprint density at radius 3 is 2.76 bits per heavy atom. The number of hydrazone groups is 1. The summed E-state index contributed by atoms with van der Waals surface area (Å²) in [7, 11) is 0. The van der Waals surface area contributed by atoms with E-state index >= 15 is 0 Å². The molecule has 0 saturated heterocycles. The number of benzene rings is 2. The van der Waals surface area contributed by atoms with Crippen LogP contribution >= 0.6 is 0 Å². The number of hydrogen-bond acceptors (Lipinski definition) is 11. The van der Waals surface area contributed by atoms with Crippen LogP contribution < -0.4 is 16.5 Å². The quantitative estimate of drug-likeness (QED) is 0.202. The highest BCUT2D eigenvalue weighted by Crippen LogP contribution is 2.17. The number of nitrogens with zero attached hydrogens (tertiary/aromatic N) is 7. The zero-order valence-corrected chi connectivity index (χ0v) is 16.8. The SMILES string of the molecule is Nc1nonc1-n1nnc(C(=O)N/N=C/c2cccc([N+](=O)[O-])c2)c1CNc1ccccc1. The molecule has 1 amide bonds. The van der Waals surface area contributed by atoms with Gasteiger partial charge in [-0.3, -0.25) is 14.9 Å². The molecule has 0 atom stereocenters. The highest BCUT2D eigenvalue weighted by molar-refractivity contribution is 5.94. The van der Waals surface area contributed by atoms with Gasteiger partial charge in [0.05, 0.1) is 23.4 Å². The van der Waals surface area contributed by atoms with Gasteiger partial charge in [0.1, 0.15) is 0 Å². The predicted molar refractivity (Wildman–Crippen MR) is 116 cm³/mol. The number of nitrogens with two attached hydrogens (primary N) is 1. The molecule has 2 heterocycles. The maximum Gasteiger partial charge on any atom is 0.293 e. The van der Waals surface area contributed by atoms with Gasteiger partial charge in [-0.2, -0.15) is 9.78 Å². The van der Waals surface area contributed by atoms with Crippen LogP contribution in [-0.2, 0) is 6.54 Å². The van der Waals surface area contributed by atoms with Crippen LogP contribution in [0.1, 0.15) is 21.7 Å². The summed E-state index contributed by atoms with van der Waals surface area (Å²) in [6.07, 6.45) is 1.27. The van der Waals surface area contributed by atoms with Crippen LogP contribution in [0.25, 0.3) is 5.82 Å². The van der Waals surface area contributed by atoms with Crippen molar-refractivity contribution in [3.63, 3.8) is 0 Å². The Bertz CT molecular complexity index is 1320. The first kappa shape index (κ1) is 21.1. The lowest BCUT2D eigenvalue weighted by Crippen LogP contribution is -2.21. The summed E-state index contributed by atoms with van der Waals surface area (Å²) >= 11 is 0. The minimum absolute atomic E-state index is 0.0310. The van der Waals surface area contributed by atoms with Crippen molar-refractivity contribution >= 4 is 29.3 Å². The standard InChI is InChI=1S/C19H16N10O4/c20-17-18(26-33-25-17)28-15(11-21-13-6-2-1-3-7-13)16(23-27-28)19(30)24-22-10-12-5-4-8-14(9-12)29(31)32/h1-10,21H,11H2,(H2,20,25)(H,24,30)/b22-10+. The Labute approximate surface area is 185 Å². The van der Waals surface area contributed by atoms with Crippen LogP contribution in [0.15, 0.2) is 64.3 Å². The van der Waals surface area contributed by atoms with Gasteiger partial charge in [0.15, 0.2) is 5.69 Å². The number of hydrogen-bond donors (Lipinski definition) is 3. The van der Waals surface area contributed by atoms with E-state index in [0.29, 0.717) is 11.3 Å². The second-order valence-corrected chi connectivity index (χ2v) is 6.54. The van der Waals surface area contributed by atoms with Crippen molar-refractivity contribution in [2.45, 2.75) is 6.54 Å². The van der Waals surface area contributed by atoms with Gasteiger partial charge in [-0.25, -0.2) is 10.1 Å². The highest BCUT2D eigenvalue weighted by atomic mass is 16.6. The van der Waals surface area contributed by atoms with Crippen LogP contribution in [0.2, 0.25) is 0 Å². The van der Waals surface area contributed by atoms with E-state index in [1.54, 1.807) is 6.07 Å². The fourth-order valence-corrected chi connectivity index (χ4v) is 2.82. The van der Waals surface area contributed by atoms with Gasteiger partial charge in [0.25, 0.3) is 11.6 Å². The number of nitro benzene ring substituents is 1. The van der Waals surface area contributed by atoms with Crippen LogP contribution in [0.3, 0.4) is 0 Å². The molecule has 4 aromatic rings. The molecule has 14 heteroatoms. The average Bonchev–Trinajstić information content (AvgIpc) is 3.44. The first-order valence-electron chi connectivity index (χ1n) is 9.42. The lowest BCUT2D eigenvalue weighted by molar-refractivity contribution is -0.384. The zero-order chi connectivity index (χ0) is 23.2. The van der Waals surface area contributed by atoms with Gasteiger partial charge in [0.2, 0.25) is 11.6 Å². The van der Waals surface area contributed by atoms with E-state index < -0.39 is 10.8 Å². The van der Waals surface area contributed by atoms with Crippen LogP contribution in [0.5, 0.6) is 0 Å². The third kappa shape index (κ3) is 4.79. The number of nitrogens with one attached hydrogen (secondary N) is 2. The molecule has 0 aliphatic rings. The predicted octanol–water partition coefficient (Wildman–Crippen LogP) is 1.52. The second kappa shape index (κ2) is 9.34. The number of carbonyl (C=O) groups excluding carboxylic acids is 1. The number of carbonyl (C=O) groups is 1. The number of para-hydroxylation sites is 1. The Kier molecular flexibility index (Phi) is 5.97. The van der Waals surface area contributed by atoms with Gasteiger partial charge in [-0.05, 0) is 22.4 Å². The van der Waals surface area contributed by atoms with E-state index in [9.17, 15) is 14.9 Å². The molecule has 166 valence electrons. The number of aromatic nitrogens is 5. The molecule has 4 N–H and O–H groups in total.